The van der Waals surface area contributed by atoms with Crippen molar-refractivity contribution in [2.45, 2.75) is 25.8 Å². The van der Waals surface area contributed by atoms with Gasteiger partial charge in [0.2, 0.25) is 5.91 Å². The molecule has 7 heteroatoms. The van der Waals surface area contributed by atoms with E-state index < -0.39 is 5.97 Å². The maximum absolute atomic E-state index is 12.2. The zero-order valence-corrected chi connectivity index (χ0v) is 13.3. The number of halogens is 1. The summed E-state index contributed by atoms with van der Waals surface area (Å²) < 4.78 is 6.89. The van der Waals surface area contributed by atoms with Crippen LogP contribution in [-0.4, -0.2) is 34.3 Å². The Hall–Kier alpha value is -2.34. The van der Waals surface area contributed by atoms with Crippen LogP contribution < -0.4 is 5.32 Å². The Kier molecular flexibility index (Phi) is 4.34. The van der Waals surface area contributed by atoms with Crippen LogP contribution in [0.25, 0.3) is 5.69 Å². The largest absolute Gasteiger partial charge is 0.460 e. The van der Waals surface area contributed by atoms with E-state index in [1.54, 1.807) is 29.9 Å². The Morgan fingerprint density at radius 2 is 2.17 bits per heavy atom. The van der Waals surface area contributed by atoms with E-state index in [1.165, 1.54) is 0 Å². The second-order valence-electron chi connectivity index (χ2n) is 5.45. The molecule has 6 nitrogen and oxygen atoms in total. The number of nitrogens with one attached hydrogen (secondary N) is 1. The molecule has 1 atom stereocenters. The van der Waals surface area contributed by atoms with E-state index in [4.69, 9.17) is 16.3 Å². The number of hydrogen-bond donors (Lipinski definition) is 1. The van der Waals surface area contributed by atoms with Crippen LogP contribution in [0.1, 0.15) is 28.9 Å². The van der Waals surface area contributed by atoms with Gasteiger partial charge in [0.1, 0.15) is 12.2 Å². The van der Waals surface area contributed by atoms with E-state index in [9.17, 15) is 9.59 Å². The predicted octanol–water partition coefficient (Wildman–Crippen LogP) is 2.27. The van der Waals surface area contributed by atoms with Gasteiger partial charge in [-0.1, -0.05) is 11.6 Å². The molecule has 2 heterocycles. The van der Waals surface area contributed by atoms with Crippen LogP contribution in [-0.2, 0) is 9.53 Å². The minimum atomic E-state index is -0.441. The third kappa shape index (κ3) is 3.53. The highest BCUT2D eigenvalue weighted by Gasteiger charge is 2.23. The molecule has 0 radical (unpaired) electrons. The summed E-state index contributed by atoms with van der Waals surface area (Å²) >= 11 is 5.87. The van der Waals surface area contributed by atoms with Crippen LogP contribution in [0, 0.1) is 6.92 Å². The third-order valence-electron chi connectivity index (χ3n) is 3.71. The molecule has 1 aromatic carbocycles. The number of hydrogen-bond acceptors (Lipinski definition) is 4. The number of aromatic nitrogens is 2. The minimum Gasteiger partial charge on any atom is -0.460 e. The molecule has 1 aliphatic rings. The highest BCUT2D eigenvalue weighted by Crippen LogP contribution is 2.16. The number of nitrogens with zero attached hydrogens (tertiary/aromatic N) is 2. The van der Waals surface area contributed by atoms with Gasteiger partial charge in [-0.15, -0.1) is 0 Å². The first-order chi connectivity index (χ1) is 11.0. The van der Waals surface area contributed by atoms with Gasteiger partial charge in [0, 0.05) is 17.6 Å². The van der Waals surface area contributed by atoms with Crippen molar-refractivity contribution in [3.63, 3.8) is 0 Å². The van der Waals surface area contributed by atoms with Crippen molar-refractivity contribution in [2.24, 2.45) is 0 Å². The normalized spacial score (nSPS) is 17.1. The average molecular weight is 334 g/mol. The van der Waals surface area contributed by atoms with Crippen LogP contribution in [0.15, 0.2) is 30.5 Å². The van der Waals surface area contributed by atoms with Crippen molar-refractivity contribution in [3.8, 4) is 5.69 Å². The SMILES string of the molecule is Cc1nn(-c2ccc(Cl)cc2)cc1C(=O)OC[C@@H]1CCC(=O)N1. The van der Waals surface area contributed by atoms with Gasteiger partial charge in [-0.3, -0.25) is 4.79 Å². The summed E-state index contributed by atoms with van der Waals surface area (Å²) in [7, 11) is 0. The molecule has 0 aliphatic carbocycles. The molecule has 23 heavy (non-hydrogen) atoms. The molecule has 120 valence electrons. The van der Waals surface area contributed by atoms with Gasteiger partial charge in [-0.2, -0.15) is 5.10 Å². The number of rotatable bonds is 4. The van der Waals surface area contributed by atoms with Gasteiger partial charge in [-0.25, -0.2) is 9.48 Å². The van der Waals surface area contributed by atoms with Crippen molar-refractivity contribution in [2.75, 3.05) is 6.61 Å². The van der Waals surface area contributed by atoms with Gasteiger partial charge in [-0.05, 0) is 37.6 Å². The van der Waals surface area contributed by atoms with Gasteiger partial charge >= 0.3 is 5.97 Å². The molecule has 1 fully saturated rings. The Balaban J connectivity index is 1.69. The zero-order chi connectivity index (χ0) is 16.4. The highest BCUT2D eigenvalue weighted by molar-refractivity contribution is 6.30. The summed E-state index contributed by atoms with van der Waals surface area (Å²) in [5, 5.41) is 7.72. The van der Waals surface area contributed by atoms with E-state index in [-0.39, 0.29) is 18.6 Å². The number of amides is 1. The molecular weight excluding hydrogens is 318 g/mol. The average Bonchev–Trinajstić information content (AvgIpc) is 3.11. The molecule has 3 rings (SSSR count). The predicted molar refractivity (Wildman–Crippen MR) is 84.8 cm³/mol. The second-order valence-corrected chi connectivity index (χ2v) is 5.89. The Bertz CT molecular complexity index is 740. The smallest absolute Gasteiger partial charge is 0.341 e. The van der Waals surface area contributed by atoms with Crippen LogP contribution in [0.5, 0.6) is 0 Å². The molecule has 1 amide bonds. The summed E-state index contributed by atoms with van der Waals surface area (Å²) in [6.07, 6.45) is 2.80. The first-order valence-electron chi connectivity index (χ1n) is 7.31. The molecule has 1 aliphatic heterocycles. The Morgan fingerprint density at radius 1 is 1.43 bits per heavy atom. The van der Waals surface area contributed by atoms with Crippen molar-refractivity contribution < 1.29 is 14.3 Å². The third-order valence-corrected chi connectivity index (χ3v) is 3.96. The van der Waals surface area contributed by atoms with E-state index in [2.05, 4.69) is 10.4 Å². The molecule has 1 saturated heterocycles. The summed E-state index contributed by atoms with van der Waals surface area (Å²) in [4.78, 5) is 23.3. The van der Waals surface area contributed by atoms with Gasteiger partial charge in [0.15, 0.2) is 0 Å². The molecule has 0 bridgehead atoms. The van der Waals surface area contributed by atoms with Crippen molar-refractivity contribution >= 4 is 23.5 Å². The summed E-state index contributed by atoms with van der Waals surface area (Å²) in [6, 6.07) is 7.05. The lowest BCUT2D eigenvalue weighted by Crippen LogP contribution is -2.30. The Labute approximate surface area is 138 Å². The van der Waals surface area contributed by atoms with Crippen LogP contribution >= 0.6 is 11.6 Å². The number of ether oxygens (including phenoxy) is 1. The van der Waals surface area contributed by atoms with Crippen LogP contribution in [0.4, 0.5) is 0 Å². The van der Waals surface area contributed by atoms with Crippen LogP contribution in [0.3, 0.4) is 0 Å². The summed E-state index contributed by atoms with van der Waals surface area (Å²) in [6.45, 7) is 1.93. The number of carbonyl (C=O) groups is 2. The van der Waals surface area contributed by atoms with E-state index in [0.717, 1.165) is 5.69 Å². The van der Waals surface area contributed by atoms with Crippen LogP contribution in [0.2, 0.25) is 5.02 Å². The van der Waals surface area contributed by atoms with E-state index in [1.807, 2.05) is 12.1 Å². The molecule has 1 aromatic heterocycles. The highest BCUT2D eigenvalue weighted by atomic mass is 35.5. The second kappa shape index (κ2) is 6.42. The topological polar surface area (TPSA) is 73.2 Å². The minimum absolute atomic E-state index is 0.00205. The van der Waals surface area contributed by atoms with Gasteiger partial charge < -0.3 is 10.1 Å². The molecule has 0 unspecified atom stereocenters. The fourth-order valence-electron chi connectivity index (χ4n) is 2.44. The molecule has 2 aromatic rings. The van der Waals surface area contributed by atoms with E-state index >= 15 is 0 Å². The number of benzene rings is 1. The number of esters is 1. The molecule has 0 spiro atoms. The molecular formula is C16H16ClN3O3. The van der Waals surface area contributed by atoms with Crippen molar-refractivity contribution in [1.29, 1.82) is 0 Å². The van der Waals surface area contributed by atoms with E-state index in [0.29, 0.717) is 29.1 Å². The maximum atomic E-state index is 12.2. The monoisotopic (exact) mass is 333 g/mol. The lowest BCUT2D eigenvalue weighted by molar-refractivity contribution is -0.119. The maximum Gasteiger partial charge on any atom is 0.341 e. The quantitative estimate of drug-likeness (QED) is 0.871. The van der Waals surface area contributed by atoms with Gasteiger partial charge in [0.05, 0.1) is 17.4 Å². The first kappa shape index (κ1) is 15.6. The Morgan fingerprint density at radius 3 is 2.83 bits per heavy atom. The zero-order valence-electron chi connectivity index (χ0n) is 12.6. The number of aryl methyl sites for hydroxylation is 1. The molecule has 0 saturated carbocycles. The fourth-order valence-corrected chi connectivity index (χ4v) is 2.57. The summed E-state index contributed by atoms with van der Waals surface area (Å²) in [5.41, 5.74) is 1.80. The van der Waals surface area contributed by atoms with Crippen molar-refractivity contribution in [3.05, 3.63) is 46.7 Å². The molecule has 1 N–H and O–H groups in total. The van der Waals surface area contributed by atoms with Crippen molar-refractivity contribution in [1.82, 2.24) is 15.1 Å². The standard InChI is InChI=1S/C16H16ClN3O3/c1-10-14(16(22)23-9-12-4-7-15(21)18-12)8-20(19-10)13-5-2-11(17)3-6-13/h2-3,5-6,8,12H,4,7,9H2,1H3,(H,18,21)/t12-/m0/s1. The fraction of sp³-hybridized carbons (Fsp3) is 0.312. The van der Waals surface area contributed by atoms with Gasteiger partial charge in [0.25, 0.3) is 0 Å². The lowest BCUT2D eigenvalue weighted by Gasteiger charge is -2.10. The lowest BCUT2D eigenvalue weighted by atomic mass is 10.2. The first-order valence-corrected chi connectivity index (χ1v) is 7.69. The summed E-state index contributed by atoms with van der Waals surface area (Å²) in [5.74, 6) is -0.443. The number of carbonyl (C=O) groups excluding carboxylic acids is 2.